The molecule has 0 bridgehead atoms. The monoisotopic (exact) mass is 257 g/mol. The van der Waals surface area contributed by atoms with Crippen molar-refractivity contribution in [2.24, 2.45) is 5.41 Å². The summed E-state index contributed by atoms with van der Waals surface area (Å²) < 4.78 is 4.41. The van der Waals surface area contributed by atoms with Crippen LogP contribution in [0.5, 0.6) is 0 Å². The second-order valence-electron chi connectivity index (χ2n) is 4.81. The molecule has 6 nitrogen and oxygen atoms in total. The van der Waals surface area contributed by atoms with Gasteiger partial charge in [0.05, 0.1) is 13.5 Å². The van der Waals surface area contributed by atoms with Gasteiger partial charge in [0.1, 0.15) is 6.54 Å². The average molecular weight is 257 g/mol. The number of carbonyl (C=O) groups excluding carboxylic acids is 2. The van der Waals surface area contributed by atoms with Crippen molar-refractivity contribution in [3.05, 3.63) is 0 Å². The summed E-state index contributed by atoms with van der Waals surface area (Å²) in [6, 6.07) is 0. The maximum atomic E-state index is 11.7. The Hall–Kier alpha value is -1.59. The molecule has 0 saturated heterocycles. The normalized spacial score (nSPS) is 17.2. The van der Waals surface area contributed by atoms with E-state index in [4.69, 9.17) is 5.11 Å². The molecule has 0 atom stereocenters. The highest BCUT2D eigenvalue weighted by Crippen LogP contribution is 2.43. The summed E-state index contributed by atoms with van der Waals surface area (Å²) in [5.74, 6) is -1.68. The molecule has 0 unspecified atom stereocenters. The molecule has 0 heterocycles. The second kappa shape index (κ2) is 6.37. The number of esters is 1. The summed E-state index contributed by atoms with van der Waals surface area (Å²) in [4.78, 5) is 33.4. The van der Waals surface area contributed by atoms with Crippen LogP contribution in [0.4, 0.5) is 0 Å². The fraction of sp³-hybridized carbons (Fsp3) is 0.750. The number of carboxylic acids is 1. The van der Waals surface area contributed by atoms with Gasteiger partial charge in [0.2, 0.25) is 5.91 Å². The molecule has 102 valence electrons. The minimum atomic E-state index is -0.877. The third kappa shape index (κ3) is 4.35. The lowest BCUT2D eigenvalue weighted by Gasteiger charge is -2.26. The van der Waals surface area contributed by atoms with Crippen molar-refractivity contribution in [2.45, 2.75) is 38.5 Å². The van der Waals surface area contributed by atoms with Crippen LogP contribution in [0.2, 0.25) is 0 Å². The maximum absolute atomic E-state index is 11.7. The predicted molar refractivity (Wildman–Crippen MR) is 62.8 cm³/mol. The van der Waals surface area contributed by atoms with Crippen molar-refractivity contribution in [1.82, 2.24) is 5.32 Å². The predicted octanol–water partition coefficient (Wildman–Crippen LogP) is 0.701. The van der Waals surface area contributed by atoms with Crippen LogP contribution in [0.3, 0.4) is 0 Å². The van der Waals surface area contributed by atoms with E-state index in [2.05, 4.69) is 10.1 Å². The number of carbonyl (C=O) groups is 3. The number of methoxy groups -OCH3 is 1. The molecule has 0 spiro atoms. The van der Waals surface area contributed by atoms with Crippen molar-refractivity contribution in [2.75, 3.05) is 13.7 Å². The zero-order chi connectivity index (χ0) is 13.6. The van der Waals surface area contributed by atoms with E-state index in [1.54, 1.807) is 0 Å². The van der Waals surface area contributed by atoms with Crippen LogP contribution in [-0.2, 0) is 19.1 Å². The summed E-state index contributed by atoms with van der Waals surface area (Å²) in [7, 11) is 1.25. The average Bonchev–Trinajstić information content (AvgIpc) is 2.73. The van der Waals surface area contributed by atoms with Crippen LogP contribution in [-0.4, -0.2) is 36.6 Å². The Morgan fingerprint density at radius 3 is 2.33 bits per heavy atom. The van der Waals surface area contributed by atoms with Crippen molar-refractivity contribution in [3.63, 3.8) is 0 Å². The molecule has 1 aliphatic carbocycles. The first-order valence-corrected chi connectivity index (χ1v) is 6.03. The summed E-state index contributed by atoms with van der Waals surface area (Å²) in [6.45, 7) is -0.168. The minimum absolute atomic E-state index is 0.0125. The number of hydrogen-bond acceptors (Lipinski definition) is 4. The number of carboxylic acid groups (broad SMARTS) is 1. The zero-order valence-electron chi connectivity index (χ0n) is 10.5. The van der Waals surface area contributed by atoms with E-state index in [1.165, 1.54) is 7.11 Å². The van der Waals surface area contributed by atoms with Gasteiger partial charge in [-0.05, 0) is 18.3 Å². The molecule has 18 heavy (non-hydrogen) atoms. The number of rotatable bonds is 6. The maximum Gasteiger partial charge on any atom is 0.325 e. The Labute approximate surface area is 106 Å². The van der Waals surface area contributed by atoms with Crippen molar-refractivity contribution in [1.29, 1.82) is 0 Å². The smallest absolute Gasteiger partial charge is 0.325 e. The Balaban J connectivity index is 2.48. The van der Waals surface area contributed by atoms with Crippen LogP contribution in [0.15, 0.2) is 0 Å². The van der Waals surface area contributed by atoms with E-state index >= 15 is 0 Å². The number of aliphatic carboxylic acids is 1. The highest BCUT2D eigenvalue weighted by Gasteiger charge is 2.37. The van der Waals surface area contributed by atoms with Gasteiger partial charge in [-0.2, -0.15) is 0 Å². The molecular weight excluding hydrogens is 238 g/mol. The van der Waals surface area contributed by atoms with Gasteiger partial charge in [-0.25, -0.2) is 0 Å². The Morgan fingerprint density at radius 1 is 1.22 bits per heavy atom. The van der Waals surface area contributed by atoms with E-state index in [9.17, 15) is 14.4 Å². The SMILES string of the molecule is COC(=O)CNC(=O)CC1(CC(=O)O)CCCC1. The molecule has 2 N–H and O–H groups in total. The lowest BCUT2D eigenvalue weighted by molar-refractivity contribution is -0.143. The van der Waals surface area contributed by atoms with Gasteiger partial charge in [-0.3, -0.25) is 14.4 Å². The molecule has 1 rings (SSSR count). The summed E-state index contributed by atoms with van der Waals surface area (Å²) in [6.07, 6.45) is 3.60. The van der Waals surface area contributed by atoms with Gasteiger partial charge < -0.3 is 15.2 Å². The van der Waals surface area contributed by atoms with Crippen molar-refractivity contribution in [3.8, 4) is 0 Å². The molecular formula is C12H19NO5. The molecule has 1 fully saturated rings. The van der Waals surface area contributed by atoms with Crippen LogP contribution < -0.4 is 5.32 Å². The quantitative estimate of drug-likeness (QED) is 0.683. The van der Waals surface area contributed by atoms with Gasteiger partial charge >= 0.3 is 11.9 Å². The molecule has 0 aromatic rings. The third-order valence-corrected chi connectivity index (χ3v) is 3.38. The van der Waals surface area contributed by atoms with Crippen molar-refractivity contribution >= 4 is 17.8 Å². The highest BCUT2D eigenvalue weighted by molar-refractivity contribution is 5.82. The fourth-order valence-electron chi connectivity index (χ4n) is 2.51. The standard InChI is InChI=1S/C12H19NO5/c1-18-11(17)8-13-9(14)6-12(7-10(15)16)4-2-3-5-12/h2-8H2,1H3,(H,13,14)(H,15,16). The first kappa shape index (κ1) is 14.5. The third-order valence-electron chi connectivity index (χ3n) is 3.38. The zero-order valence-corrected chi connectivity index (χ0v) is 10.5. The van der Waals surface area contributed by atoms with E-state index < -0.39 is 17.4 Å². The minimum Gasteiger partial charge on any atom is -0.481 e. The Kier molecular flexibility index (Phi) is 5.12. The highest BCUT2D eigenvalue weighted by atomic mass is 16.5. The van der Waals surface area contributed by atoms with Crippen LogP contribution in [0.1, 0.15) is 38.5 Å². The van der Waals surface area contributed by atoms with Crippen LogP contribution in [0.25, 0.3) is 0 Å². The summed E-state index contributed by atoms with van der Waals surface area (Å²) in [5, 5.41) is 11.4. The topological polar surface area (TPSA) is 92.7 Å². The molecule has 6 heteroatoms. The molecule has 0 aromatic carbocycles. The van der Waals surface area contributed by atoms with E-state index in [1.807, 2.05) is 0 Å². The molecule has 0 aliphatic heterocycles. The largest absolute Gasteiger partial charge is 0.481 e. The first-order valence-electron chi connectivity index (χ1n) is 6.03. The first-order chi connectivity index (χ1) is 8.47. The Morgan fingerprint density at radius 2 is 1.83 bits per heavy atom. The van der Waals surface area contributed by atoms with Gasteiger partial charge in [-0.1, -0.05) is 12.8 Å². The van der Waals surface area contributed by atoms with Crippen LogP contribution >= 0.6 is 0 Å². The second-order valence-corrected chi connectivity index (χ2v) is 4.81. The molecule has 1 saturated carbocycles. The van der Waals surface area contributed by atoms with E-state index in [0.29, 0.717) is 0 Å². The lowest BCUT2D eigenvalue weighted by atomic mass is 9.79. The van der Waals surface area contributed by atoms with Crippen molar-refractivity contribution < 1.29 is 24.2 Å². The van der Waals surface area contributed by atoms with Gasteiger partial charge in [0.25, 0.3) is 0 Å². The lowest BCUT2D eigenvalue weighted by Crippen LogP contribution is -2.35. The number of ether oxygens (including phenoxy) is 1. The summed E-state index contributed by atoms with van der Waals surface area (Å²) >= 11 is 0. The Bertz CT molecular complexity index is 333. The van der Waals surface area contributed by atoms with Crippen LogP contribution in [0, 0.1) is 5.41 Å². The van der Waals surface area contributed by atoms with Gasteiger partial charge in [0.15, 0.2) is 0 Å². The number of hydrogen-bond donors (Lipinski definition) is 2. The molecule has 1 aliphatic rings. The fourth-order valence-corrected chi connectivity index (χ4v) is 2.51. The number of nitrogens with one attached hydrogen (secondary N) is 1. The van der Waals surface area contributed by atoms with E-state index in [0.717, 1.165) is 25.7 Å². The summed E-state index contributed by atoms with van der Waals surface area (Å²) in [5.41, 5.74) is -0.438. The molecule has 1 amide bonds. The van der Waals surface area contributed by atoms with Gasteiger partial charge in [0, 0.05) is 6.42 Å². The molecule has 0 aromatic heterocycles. The molecule has 0 radical (unpaired) electrons. The van der Waals surface area contributed by atoms with Gasteiger partial charge in [-0.15, -0.1) is 0 Å². The van der Waals surface area contributed by atoms with E-state index in [-0.39, 0.29) is 25.3 Å². The number of amides is 1.